The van der Waals surface area contributed by atoms with Gasteiger partial charge in [0.15, 0.2) is 5.13 Å². The number of anilines is 1. The van der Waals surface area contributed by atoms with Crippen LogP contribution in [0.2, 0.25) is 0 Å². The molecule has 2 aliphatic heterocycles. The van der Waals surface area contributed by atoms with Crippen LogP contribution in [0.25, 0.3) is 20.8 Å². The van der Waals surface area contributed by atoms with Crippen molar-refractivity contribution in [2.45, 2.75) is 57.4 Å². The lowest BCUT2D eigenvalue weighted by Crippen LogP contribution is -2.56. The van der Waals surface area contributed by atoms with Gasteiger partial charge in [-0.1, -0.05) is 11.3 Å². The Balaban J connectivity index is 1.48. The van der Waals surface area contributed by atoms with Crippen molar-refractivity contribution in [2.75, 3.05) is 24.6 Å². The van der Waals surface area contributed by atoms with Crippen LogP contribution in [-0.4, -0.2) is 69.6 Å². The summed E-state index contributed by atoms with van der Waals surface area (Å²) in [5.74, 6) is -0.0431. The summed E-state index contributed by atoms with van der Waals surface area (Å²) in [5, 5.41) is 12.2. The predicted molar refractivity (Wildman–Crippen MR) is 130 cm³/mol. The van der Waals surface area contributed by atoms with Crippen molar-refractivity contribution in [2.24, 2.45) is 0 Å². The largest absolute Gasteiger partial charge is 0.444 e. The first-order valence-corrected chi connectivity index (χ1v) is 13.0. The maximum atomic E-state index is 13.9. The molecule has 1 aromatic carbocycles. The van der Waals surface area contributed by atoms with Crippen LogP contribution in [0.4, 0.5) is 18.7 Å². The molecule has 0 spiro atoms. The summed E-state index contributed by atoms with van der Waals surface area (Å²) >= 11 is 2.69. The molecule has 5 rings (SSSR count). The highest BCUT2D eigenvalue weighted by molar-refractivity contribution is 7.22. The van der Waals surface area contributed by atoms with E-state index in [9.17, 15) is 13.6 Å². The number of ether oxygens (including phenoxy) is 2. The Hall–Kier alpha value is -2.57. The molecular weight excluding hydrogens is 498 g/mol. The highest BCUT2D eigenvalue weighted by Crippen LogP contribution is 2.44. The number of aliphatic hydroxyl groups is 1. The van der Waals surface area contributed by atoms with Crippen molar-refractivity contribution in [1.29, 1.82) is 0 Å². The van der Waals surface area contributed by atoms with E-state index in [1.165, 1.54) is 28.7 Å². The SMILES string of the molecule is CC(C)(C)OC(=O)N1C2CCC1CN(c1nc3c(-c4nccs4)ccc(OC(F)(F)CO)c3s1)C2. The molecule has 3 aromatic rings. The van der Waals surface area contributed by atoms with Gasteiger partial charge in [-0.05, 0) is 45.7 Å². The molecule has 8 nitrogen and oxygen atoms in total. The number of carbonyl (C=O) groups excluding carboxylic acids is 1. The fourth-order valence-electron chi connectivity index (χ4n) is 4.58. The Bertz CT molecular complexity index is 1210. The van der Waals surface area contributed by atoms with Gasteiger partial charge in [-0.15, -0.1) is 11.3 Å². The molecule has 2 aliphatic rings. The molecule has 2 saturated heterocycles. The highest BCUT2D eigenvalue weighted by Gasteiger charge is 2.45. The molecule has 1 amide bonds. The predicted octanol–water partition coefficient (Wildman–Crippen LogP) is 4.97. The van der Waals surface area contributed by atoms with Gasteiger partial charge in [-0.2, -0.15) is 8.78 Å². The molecule has 2 bridgehead atoms. The van der Waals surface area contributed by atoms with E-state index >= 15 is 0 Å². The molecule has 0 saturated carbocycles. The zero-order valence-electron chi connectivity index (χ0n) is 19.5. The number of amides is 1. The monoisotopic (exact) mass is 524 g/mol. The van der Waals surface area contributed by atoms with E-state index < -0.39 is 18.3 Å². The number of nitrogens with zero attached hydrogens (tertiary/aromatic N) is 4. The number of benzene rings is 1. The van der Waals surface area contributed by atoms with Crippen molar-refractivity contribution in [3.63, 3.8) is 0 Å². The Morgan fingerprint density at radius 2 is 1.94 bits per heavy atom. The lowest BCUT2D eigenvalue weighted by Gasteiger charge is -2.41. The lowest BCUT2D eigenvalue weighted by molar-refractivity contribution is -0.200. The number of aliphatic hydroxyl groups excluding tert-OH is 1. The zero-order chi connectivity index (χ0) is 25.0. The molecule has 2 fully saturated rings. The summed E-state index contributed by atoms with van der Waals surface area (Å²) in [6.45, 7) is 5.28. The van der Waals surface area contributed by atoms with Crippen LogP contribution in [0.15, 0.2) is 23.7 Å². The number of alkyl halides is 2. The number of thiazole rings is 2. The van der Waals surface area contributed by atoms with Gasteiger partial charge in [0.25, 0.3) is 0 Å². The molecule has 2 unspecified atom stereocenters. The van der Waals surface area contributed by atoms with Crippen LogP contribution in [0, 0.1) is 0 Å². The van der Waals surface area contributed by atoms with E-state index in [0.29, 0.717) is 28.4 Å². The first-order valence-electron chi connectivity index (χ1n) is 11.3. The van der Waals surface area contributed by atoms with Crippen molar-refractivity contribution in [3.8, 4) is 16.3 Å². The quantitative estimate of drug-likeness (QED) is 0.504. The van der Waals surface area contributed by atoms with E-state index in [4.69, 9.17) is 19.6 Å². The molecule has 35 heavy (non-hydrogen) atoms. The van der Waals surface area contributed by atoms with Crippen LogP contribution in [0.3, 0.4) is 0 Å². The number of halogens is 2. The third-order valence-electron chi connectivity index (χ3n) is 5.96. The summed E-state index contributed by atoms with van der Waals surface area (Å²) in [6, 6.07) is 3.11. The first-order chi connectivity index (χ1) is 16.5. The second-order valence-electron chi connectivity index (χ2n) is 9.70. The van der Waals surface area contributed by atoms with Crippen LogP contribution in [0.5, 0.6) is 5.75 Å². The molecule has 12 heteroatoms. The van der Waals surface area contributed by atoms with Gasteiger partial charge in [-0.3, -0.25) is 4.90 Å². The number of hydrogen-bond donors (Lipinski definition) is 1. The van der Waals surface area contributed by atoms with Crippen molar-refractivity contribution >= 4 is 44.1 Å². The fourth-order valence-corrected chi connectivity index (χ4v) is 6.31. The summed E-state index contributed by atoms with van der Waals surface area (Å²) < 4.78 is 38.7. The van der Waals surface area contributed by atoms with Gasteiger partial charge < -0.3 is 19.5 Å². The summed E-state index contributed by atoms with van der Waals surface area (Å²) in [4.78, 5) is 25.9. The van der Waals surface area contributed by atoms with Crippen LogP contribution >= 0.6 is 22.7 Å². The Kier molecular flexibility index (Phi) is 6.09. The van der Waals surface area contributed by atoms with Crippen molar-refractivity contribution < 1.29 is 28.2 Å². The molecule has 0 radical (unpaired) electrons. The molecular formula is C23H26F2N4O4S2. The number of rotatable bonds is 5. The average Bonchev–Trinajstić information content (AvgIpc) is 3.51. The summed E-state index contributed by atoms with van der Waals surface area (Å²) in [5.41, 5.74) is 0.681. The Labute approximate surface area is 209 Å². The summed E-state index contributed by atoms with van der Waals surface area (Å²) in [7, 11) is 0. The maximum Gasteiger partial charge on any atom is 0.421 e. The van der Waals surface area contributed by atoms with Crippen LogP contribution in [0.1, 0.15) is 33.6 Å². The lowest BCUT2D eigenvalue weighted by atomic mass is 10.2. The number of piperazine rings is 1. The van der Waals surface area contributed by atoms with E-state index in [-0.39, 0.29) is 23.9 Å². The Morgan fingerprint density at radius 1 is 1.23 bits per heavy atom. The van der Waals surface area contributed by atoms with Gasteiger partial charge in [0.05, 0.1) is 22.3 Å². The third-order valence-corrected chi connectivity index (χ3v) is 7.90. The minimum absolute atomic E-state index is 0.0107. The molecule has 2 atom stereocenters. The smallest absolute Gasteiger partial charge is 0.421 e. The third kappa shape index (κ3) is 4.78. The van der Waals surface area contributed by atoms with E-state index in [1.807, 2.05) is 31.1 Å². The van der Waals surface area contributed by atoms with E-state index in [0.717, 1.165) is 23.4 Å². The van der Waals surface area contributed by atoms with E-state index in [2.05, 4.69) is 9.88 Å². The first kappa shape index (κ1) is 24.1. The topological polar surface area (TPSA) is 88.0 Å². The number of fused-ring (bicyclic) bond motifs is 3. The van der Waals surface area contributed by atoms with E-state index in [1.54, 1.807) is 12.3 Å². The van der Waals surface area contributed by atoms with Gasteiger partial charge in [-0.25, -0.2) is 14.8 Å². The second kappa shape index (κ2) is 8.82. The van der Waals surface area contributed by atoms with Crippen LogP contribution in [-0.2, 0) is 4.74 Å². The average molecular weight is 525 g/mol. The summed E-state index contributed by atoms with van der Waals surface area (Å²) in [6.07, 6.45) is -0.601. The minimum atomic E-state index is -3.71. The van der Waals surface area contributed by atoms with Crippen molar-refractivity contribution in [3.05, 3.63) is 23.7 Å². The molecule has 4 heterocycles. The second-order valence-corrected chi connectivity index (χ2v) is 11.6. The zero-order valence-corrected chi connectivity index (χ0v) is 21.2. The normalized spacial score (nSPS) is 20.5. The van der Waals surface area contributed by atoms with Crippen LogP contribution < -0.4 is 9.64 Å². The highest BCUT2D eigenvalue weighted by atomic mass is 32.1. The van der Waals surface area contributed by atoms with Gasteiger partial charge in [0.2, 0.25) is 0 Å². The molecule has 2 aromatic heterocycles. The number of carbonyl (C=O) groups is 1. The number of aromatic nitrogens is 2. The standard InChI is InChI=1S/C23H26F2N4O4S2/c1-22(2,3)33-21(31)29-13-4-5-14(29)11-28(10-13)20-27-17-15(19-26-8-9-34-19)6-7-16(18(17)35-20)32-23(24,25)12-30/h6-9,13-14,30H,4-5,10-12H2,1-3H3. The van der Waals surface area contributed by atoms with Gasteiger partial charge in [0, 0.05) is 30.2 Å². The van der Waals surface area contributed by atoms with Gasteiger partial charge >= 0.3 is 12.2 Å². The maximum absolute atomic E-state index is 13.9. The molecule has 0 aliphatic carbocycles. The van der Waals surface area contributed by atoms with Crippen molar-refractivity contribution in [1.82, 2.24) is 14.9 Å². The van der Waals surface area contributed by atoms with Gasteiger partial charge in [0.1, 0.15) is 23.0 Å². The molecule has 1 N–H and O–H groups in total. The Morgan fingerprint density at radius 3 is 2.54 bits per heavy atom. The number of hydrogen-bond acceptors (Lipinski definition) is 9. The molecule has 188 valence electrons. The fraction of sp³-hybridized carbons (Fsp3) is 0.522. The minimum Gasteiger partial charge on any atom is -0.444 e.